The molecule has 4 rings (SSSR count). The Labute approximate surface area is 181 Å². The minimum absolute atomic E-state index is 0.253. The third-order valence-electron chi connectivity index (χ3n) is 5.89. The second-order valence-corrected chi connectivity index (χ2v) is 9.32. The maximum atomic E-state index is 14.5. The molecular weight excluding hydrogens is 433 g/mol. The average Bonchev–Trinajstić information content (AvgIpc) is 3.12. The zero-order valence-corrected chi connectivity index (χ0v) is 17.8. The zero-order chi connectivity index (χ0) is 22.2. The Morgan fingerprint density at radius 1 is 1.03 bits per heavy atom. The maximum Gasteiger partial charge on any atom is 0.400 e. The van der Waals surface area contributed by atoms with Crippen LogP contribution in [0.1, 0.15) is 42.7 Å². The number of alkyl halides is 2. The fourth-order valence-corrected chi connectivity index (χ4v) is 5.21. The number of hydrogen-bond donors (Lipinski definition) is 0. The van der Waals surface area contributed by atoms with Crippen LogP contribution in [0.4, 0.5) is 22.0 Å². The highest BCUT2D eigenvalue weighted by atomic mass is 32.1. The van der Waals surface area contributed by atoms with E-state index in [-0.39, 0.29) is 12.8 Å². The van der Waals surface area contributed by atoms with Gasteiger partial charge in [0.05, 0.1) is 21.1 Å². The molecule has 2 nitrogen and oxygen atoms in total. The predicted octanol–water partition coefficient (Wildman–Crippen LogP) is 7.43. The van der Waals surface area contributed by atoms with Gasteiger partial charge in [-0.2, -0.15) is 8.78 Å². The van der Waals surface area contributed by atoms with Crippen LogP contribution in [-0.4, -0.2) is 11.1 Å². The van der Waals surface area contributed by atoms with Gasteiger partial charge in [0, 0.05) is 12.1 Å². The van der Waals surface area contributed by atoms with Gasteiger partial charge in [0.25, 0.3) is 0 Å². The first-order chi connectivity index (χ1) is 14.7. The van der Waals surface area contributed by atoms with Gasteiger partial charge in [-0.15, -0.1) is 11.3 Å². The topological polar surface area (TPSA) is 22.1 Å². The van der Waals surface area contributed by atoms with Gasteiger partial charge in [0.2, 0.25) is 0 Å². The summed E-state index contributed by atoms with van der Waals surface area (Å²) in [6.07, 6.45) is -0.126. The van der Waals surface area contributed by atoms with Gasteiger partial charge >= 0.3 is 6.11 Å². The molecule has 1 aromatic heterocycles. The van der Waals surface area contributed by atoms with Gasteiger partial charge in [-0.05, 0) is 69.1 Å². The molecule has 8 heteroatoms. The molecule has 2 aromatic carbocycles. The summed E-state index contributed by atoms with van der Waals surface area (Å²) in [6.45, 7) is 2.04. The highest BCUT2D eigenvalue weighted by Crippen LogP contribution is 2.41. The summed E-state index contributed by atoms with van der Waals surface area (Å²) < 4.78 is 74.3. The van der Waals surface area contributed by atoms with Gasteiger partial charge in [-0.1, -0.05) is 6.07 Å². The van der Waals surface area contributed by atoms with Crippen LogP contribution in [0.25, 0.3) is 10.2 Å². The van der Waals surface area contributed by atoms with E-state index in [1.165, 1.54) is 5.56 Å². The summed E-state index contributed by atoms with van der Waals surface area (Å²) in [4.78, 5) is 4.65. The maximum absolute atomic E-state index is 14.5. The molecule has 1 aliphatic rings. The third kappa shape index (κ3) is 5.00. The molecule has 1 saturated carbocycles. The quantitative estimate of drug-likeness (QED) is 0.285. The van der Waals surface area contributed by atoms with Crippen molar-refractivity contribution in [2.24, 2.45) is 11.8 Å². The van der Waals surface area contributed by atoms with Gasteiger partial charge < -0.3 is 4.74 Å². The van der Waals surface area contributed by atoms with Gasteiger partial charge in [0.1, 0.15) is 5.75 Å². The number of aryl methyl sites for hydroxylation is 2. The summed E-state index contributed by atoms with van der Waals surface area (Å²) in [5.41, 5.74) is 2.18. The molecule has 0 unspecified atom stereocenters. The second kappa shape index (κ2) is 8.73. The van der Waals surface area contributed by atoms with Gasteiger partial charge in [-0.3, -0.25) is 0 Å². The molecule has 0 amide bonds. The summed E-state index contributed by atoms with van der Waals surface area (Å²) >= 11 is 1.67. The molecule has 0 bridgehead atoms. The number of ether oxygens (including phenoxy) is 1. The van der Waals surface area contributed by atoms with Gasteiger partial charge in [-0.25, -0.2) is 18.2 Å². The molecule has 3 aromatic rings. The molecule has 0 radical (unpaired) electrons. The lowest BCUT2D eigenvalue weighted by molar-refractivity contribution is -0.223. The lowest BCUT2D eigenvalue weighted by Crippen LogP contribution is -2.37. The number of benzene rings is 2. The van der Waals surface area contributed by atoms with Crippen LogP contribution in [0.15, 0.2) is 30.3 Å². The molecule has 1 aliphatic carbocycles. The van der Waals surface area contributed by atoms with Crippen LogP contribution in [0, 0.1) is 36.2 Å². The van der Waals surface area contributed by atoms with Crippen molar-refractivity contribution in [3.05, 3.63) is 58.4 Å². The molecule has 1 fully saturated rings. The number of rotatable bonds is 6. The second-order valence-electron chi connectivity index (χ2n) is 8.20. The molecule has 0 N–H and O–H groups in total. The van der Waals surface area contributed by atoms with Crippen molar-refractivity contribution in [2.75, 3.05) is 0 Å². The Kier molecular flexibility index (Phi) is 6.19. The van der Waals surface area contributed by atoms with Crippen molar-refractivity contribution in [1.82, 2.24) is 4.98 Å². The molecule has 166 valence electrons. The van der Waals surface area contributed by atoms with E-state index in [9.17, 15) is 22.0 Å². The van der Waals surface area contributed by atoms with E-state index in [1.807, 2.05) is 19.1 Å². The molecule has 0 aliphatic heterocycles. The van der Waals surface area contributed by atoms with Crippen molar-refractivity contribution in [3.8, 4) is 5.75 Å². The summed E-state index contributed by atoms with van der Waals surface area (Å²) in [7, 11) is 0. The van der Waals surface area contributed by atoms with E-state index < -0.39 is 35.2 Å². The lowest BCUT2D eigenvalue weighted by atomic mass is 9.79. The Balaban J connectivity index is 1.31. The Morgan fingerprint density at radius 3 is 2.39 bits per heavy atom. The smallest absolute Gasteiger partial charge is 0.400 e. The molecule has 0 saturated heterocycles. The Morgan fingerprint density at radius 2 is 1.71 bits per heavy atom. The number of thiazole rings is 1. The standard InChI is InChI=1S/C23H22F5NOS/c1-13-2-8-19-20(10-13)31-21(29-19)9-5-14-3-6-15(7-4-14)23(27,28)30-16-11-17(24)22(26)18(25)12-16/h2,8,10-12,14-15H,3-7,9H2,1H3. The minimum Gasteiger partial charge on any atom is -0.432 e. The first kappa shape index (κ1) is 22.0. The lowest BCUT2D eigenvalue weighted by Gasteiger charge is -2.33. The van der Waals surface area contributed by atoms with Gasteiger partial charge in [0.15, 0.2) is 17.5 Å². The first-order valence-electron chi connectivity index (χ1n) is 10.3. The van der Waals surface area contributed by atoms with Crippen LogP contribution in [0.3, 0.4) is 0 Å². The normalized spacial score (nSPS) is 19.7. The van der Waals surface area contributed by atoms with Crippen molar-refractivity contribution in [3.63, 3.8) is 0 Å². The van der Waals surface area contributed by atoms with E-state index in [0.717, 1.165) is 28.1 Å². The van der Waals surface area contributed by atoms with Crippen LogP contribution in [0.2, 0.25) is 0 Å². The molecule has 0 spiro atoms. The number of halogens is 5. The largest absolute Gasteiger partial charge is 0.432 e. The molecular formula is C23H22F5NOS. The monoisotopic (exact) mass is 455 g/mol. The minimum atomic E-state index is -3.58. The highest BCUT2D eigenvalue weighted by Gasteiger charge is 2.44. The number of hydrogen-bond acceptors (Lipinski definition) is 3. The SMILES string of the molecule is Cc1ccc2nc(CCC3CCC(C(F)(F)Oc4cc(F)c(F)c(F)c4)CC3)sc2c1. The first-order valence-corrected chi connectivity index (χ1v) is 11.1. The third-order valence-corrected chi connectivity index (χ3v) is 6.97. The van der Waals surface area contributed by atoms with Crippen LogP contribution in [-0.2, 0) is 6.42 Å². The summed E-state index contributed by atoms with van der Waals surface area (Å²) in [5, 5.41) is 1.05. The van der Waals surface area contributed by atoms with E-state index in [4.69, 9.17) is 0 Å². The zero-order valence-electron chi connectivity index (χ0n) is 16.9. The fourth-order valence-electron chi connectivity index (χ4n) is 4.13. The fraction of sp³-hybridized carbons (Fsp3) is 0.435. The van der Waals surface area contributed by atoms with Crippen LogP contribution in [0.5, 0.6) is 5.75 Å². The predicted molar refractivity (Wildman–Crippen MR) is 110 cm³/mol. The van der Waals surface area contributed by atoms with E-state index in [2.05, 4.69) is 15.8 Å². The van der Waals surface area contributed by atoms with Crippen molar-refractivity contribution in [1.29, 1.82) is 0 Å². The molecule has 31 heavy (non-hydrogen) atoms. The van der Waals surface area contributed by atoms with Crippen molar-refractivity contribution < 1.29 is 26.7 Å². The summed E-state index contributed by atoms with van der Waals surface area (Å²) in [6, 6.07) is 7.04. The molecule has 0 atom stereocenters. The summed E-state index contributed by atoms with van der Waals surface area (Å²) in [5.74, 6) is -6.26. The number of nitrogens with zero attached hydrogens (tertiary/aromatic N) is 1. The average molecular weight is 455 g/mol. The van der Waals surface area contributed by atoms with Crippen LogP contribution < -0.4 is 4.74 Å². The van der Waals surface area contributed by atoms with Crippen molar-refractivity contribution >= 4 is 21.6 Å². The van der Waals surface area contributed by atoms with Crippen molar-refractivity contribution in [2.45, 2.75) is 51.6 Å². The molecule has 1 heterocycles. The number of fused-ring (bicyclic) bond motifs is 1. The highest BCUT2D eigenvalue weighted by molar-refractivity contribution is 7.18. The number of aromatic nitrogens is 1. The van der Waals surface area contributed by atoms with E-state index in [1.54, 1.807) is 11.3 Å². The Bertz CT molecular complexity index is 1050. The van der Waals surface area contributed by atoms with E-state index in [0.29, 0.717) is 30.9 Å². The van der Waals surface area contributed by atoms with Crippen LogP contribution >= 0.6 is 11.3 Å². The Hall–Kier alpha value is -2.22. The van der Waals surface area contributed by atoms with E-state index >= 15 is 0 Å².